The fourth-order valence-electron chi connectivity index (χ4n) is 3.27. The summed E-state index contributed by atoms with van der Waals surface area (Å²) in [5.41, 5.74) is 10.2. The minimum atomic E-state index is -0.329. The summed E-state index contributed by atoms with van der Waals surface area (Å²) in [6.45, 7) is 11.2. The van der Waals surface area contributed by atoms with Gasteiger partial charge < -0.3 is 15.8 Å². The minimum Gasteiger partial charge on any atom is -0.485 e. The summed E-state index contributed by atoms with van der Waals surface area (Å²) in [6, 6.07) is 2.22. The molecule has 0 aromatic heterocycles. The lowest BCUT2D eigenvalue weighted by Gasteiger charge is -2.27. The highest BCUT2D eigenvalue weighted by molar-refractivity contribution is 7.80. The molecule has 5 heteroatoms. The number of anilines is 1. The summed E-state index contributed by atoms with van der Waals surface area (Å²) in [5, 5.41) is 3.37. The van der Waals surface area contributed by atoms with Crippen molar-refractivity contribution in [3.05, 3.63) is 22.8 Å². The average Bonchev–Trinajstić information content (AvgIpc) is 2.77. The van der Waals surface area contributed by atoms with Gasteiger partial charge in [0, 0.05) is 34.7 Å². The van der Waals surface area contributed by atoms with E-state index in [4.69, 9.17) is 22.7 Å². The van der Waals surface area contributed by atoms with Gasteiger partial charge in [0.25, 0.3) is 0 Å². The van der Waals surface area contributed by atoms with Gasteiger partial charge in [-0.2, -0.15) is 0 Å². The summed E-state index contributed by atoms with van der Waals surface area (Å²) in [7, 11) is 0. The van der Waals surface area contributed by atoms with Crippen molar-refractivity contribution < 1.29 is 4.74 Å². The molecule has 21 heavy (non-hydrogen) atoms. The Morgan fingerprint density at radius 1 is 1.38 bits per heavy atom. The molecule has 0 bridgehead atoms. The molecule has 1 aromatic rings. The number of halogens is 1. The molecular weight excluding hydrogens is 304 g/mol. The van der Waals surface area contributed by atoms with Crippen LogP contribution < -0.4 is 15.8 Å². The molecule has 0 fully saturated rings. The first kappa shape index (κ1) is 16.5. The average molecular weight is 327 g/mol. The molecule has 116 valence electrons. The standard InChI is InChI=1S/C16H22N2OS.ClH/c1-8-6-10-9(2)16(5,7-17)19-13(10)11-12(8)18-14(20)15(11,3)4;/h6,9H,7,17H2,1-5H3,(H,18,20);1H/t9-,16-;/m0./s1. The number of benzene rings is 1. The zero-order valence-corrected chi connectivity index (χ0v) is 14.8. The second kappa shape index (κ2) is 4.83. The molecule has 2 aliphatic heterocycles. The maximum Gasteiger partial charge on any atom is 0.130 e. The van der Waals surface area contributed by atoms with Crippen LogP contribution in [0, 0.1) is 6.92 Å². The minimum absolute atomic E-state index is 0. The van der Waals surface area contributed by atoms with Gasteiger partial charge in [0.05, 0.1) is 4.99 Å². The number of nitrogens with one attached hydrogen (secondary N) is 1. The molecule has 2 atom stereocenters. The summed E-state index contributed by atoms with van der Waals surface area (Å²) in [5.74, 6) is 1.28. The zero-order chi connectivity index (χ0) is 14.9. The Hall–Kier alpha value is -0.840. The van der Waals surface area contributed by atoms with Gasteiger partial charge in [0.15, 0.2) is 0 Å². The van der Waals surface area contributed by atoms with E-state index in [1.165, 1.54) is 16.7 Å². The number of hydrogen-bond donors (Lipinski definition) is 2. The summed E-state index contributed by atoms with van der Waals surface area (Å²) < 4.78 is 6.31. The Labute approximate surface area is 138 Å². The van der Waals surface area contributed by atoms with Crippen molar-refractivity contribution in [3.8, 4) is 5.75 Å². The number of hydrogen-bond acceptors (Lipinski definition) is 3. The van der Waals surface area contributed by atoms with E-state index in [-0.39, 0.29) is 29.3 Å². The fourth-order valence-corrected chi connectivity index (χ4v) is 3.47. The maximum atomic E-state index is 6.31. The number of rotatable bonds is 1. The van der Waals surface area contributed by atoms with Crippen molar-refractivity contribution in [3.63, 3.8) is 0 Å². The van der Waals surface area contributed by atoms with Crippen molar-refractivity contribution in [2.75, 3.05) is 11.9 Å². The van der Waals surface area contributed by atoms with Crippen LogP contribution in [0.5, 0.6) is 5.75 Å². The highest BCUT2D eigenvalue weighted by atomic mass is 35.5. The number of thiocarbonyl (C=S) groups is 1. The van der Waals surface area contributed by atoms with Crippen LogP contribution in [0.4, 0.5) is 5.69 Å². The Kier molecular flexibility index (Phi) is 3.80. The molecular formula is C16H23ClN2OS. The van der Waals surface area contributed by atoms with Crippen LogP contribution in [0.1, 0.15) is 50.3 Å². The Balaban J connectivity index is 0.00000161. The molecule has 3 N–H and O–H groups in total. The highest BCUT2D eigenvalue weighted by Crippen LogP contribution is 2.54. The molecule has 0 unspecified atom stereocenters. The largest absolute Gasteiger partial charge is 0.485 e. The van der Waals surface area contributed by atoms with Crippen LogP contribution in [-0.4, -0.2) is 17.1 Å². The predicted molar refractivity (Wildman–Crippen MR) is 94.2 cm³/mol. The monoisotopic (exact) mass is 326 g/mol. The first-order valence-corrected chi connectivity index (χ1v) is 7.51. The van der Waals surface area contributed by atoms with Gasteiger partial charge >= 0.3 is 0 Å². The van der Waals surface area contributed by atoms with Gasteiger partial charge in [-0.3, -0.25) is 0 Å². The third-order valence-electron chi connectivity index (χ3n) is 5.06. The molecule has 2 aliphatic rings. The van der Waals surface area contributed by atoms with Gasteiger partial charge in [0.2, 0.25) is 0 Å². The van der Waals surface area contributed by atoms with Gasteiger partial charge in [-0.05, 0) is 39.3 Å². The lowest BCUT2D eigenvalue weighted by molar-refractivity contribution is 0.102. The molecule has 0 aliphatic carbocycles. The van der Waals surface area contributed by atoms with Crippen LogP contribution in [0.3, 0.4) is 0 Å². The third-order valence-corrected chi connectivity index (χ3v) is 5.67. The topological polar surface area (TPSA) is 47.3 Å². The van der Waals surface area contributed by atoms with Crippen molar-refractivity contribution in [1.29, 1.82) is 0 Å². The van der Waals surface area contributed by atoms with Gasteiger partial charge in [0.1, 0.15) is 11.4 Å². The zero-order valence-electron chi connectivity index (χ0n) is 13.2. The lowest BCUT2D eigenvalue weighted by Crippen LogP contribution is -2.41. The molecule has 1 aromatic carbocycles. The predicted octanol–water partition coefficient (Wildman–Crippen LogP) is 3.66. The molecule has 0 spiro atoms. The normalized spacial score (nSPS) is 28.3. The molecule has 3 nitrogen and oxygen atoms in total. The quantitative estimate of drug-likeness (QED) is 0.773. The number of fused-ring (bicyclic) bond motifs is 3. The Bertz CT molecular complexity index is 629. The van der Waals surface area contributed by atoms with E-state index in [9.17, 15) is 0 Å². The van der Waals surface area contributed by atoms with E-state index >= 15 is 0 Å². The Morgan fingerprint density at radius 2 is 2.00 bits per heavy atom. The highest BCUT2D eigenvalue weighted by Gasteiger charge is 2.48. The number of nitrogens with two attached hydrogens (primary N) is 1. The first-order chi connectivity index (χ1) is 9.22. The van der Waals surface area contributed by atoms with Crippen LogP contribution in [-0.2, 0) is 5.41 Å². The van der Waals surface area contributed by atoms with Crippen LogP contribution in [0.2, 0.25) is 0 Å². The second-order valence-electron chi connectivity index (χ2n) is 6.78. The van der Waals surface area contributed by atoms with Crippen LogP contribution in [0.25, 0.3) is 0 Å². The van der Waals surface area contributed by atoms with Gasteiger partial charge in [-0.25, -0.2) is 0 Å². The third kappa shape index (κ3) is 2.00. The second-order valence-corrected chi connectivity index (χ2v) is 7.19. The number of aryl methyl sites for hydroxylation is 1. The SMILES string of the molecule is Cc1cc2c(c3c1NC(=S)C3(C)C)O[C@@](C)(CN)[C@H]2C.Cl. The summed E-state index contributed by atoms with van der Waals surface area (Å²) >= 11 is 5.51. The van der Waals surface area contributed by atoms with Crippen molar-refractivity contribution >= 4 is 35.3 Å². The molecule has 0 saturated carbocycles. The first-order valence-electron chi connectivity index (χ1n) is 7.11. The van der Waals surface area contributed by atoms with Crippen molar-refractivity contribution in [1.82, 2.24) is 0 Å². The number of ether oxygens (including phenoxy) is 1. The molecule has 0 radical (unpaired) electrons. The van der Waals surface area contributed by atoms with Crippen LogP contribution in [0.15, 0.2) is 6.07 Å². The smallest absolute Gasteiger partial charge is 0.130 e. The van der Waals surface area contributed by atoms with E-state index in [2.05, 4.69) is 46.0 Å². The summed E-state index contributed by atoms with van der Waals surface area (Å²) in [6.07, 6.45) is 0. The lowest BCUT2D eigenvalue weighted by atomic mass is 9.81. The molecule has 0 saturated heterocycles. The fraction of sp³-hybridized carbons (Fsp3) is 0.562. The molecule has 2 heterocycles. The maximum absolute atomic E-state index is 6.31. The van der Waals surface area contributed by atoms with Crippen molar-refractivity contribution in [2.45, 2.75) is 51.6 Å². The van der Waals surface area contributed by atoms with E-state index in [0.717, 1.165) is 16.4 Å². The van der Waals surface area contributed by atoms with Crippen molar-refractivity contribution in [2.24, 2.45) is 5.73 Å². The van der Waals surface area contributed by atoms with Crippen LogP contribution >= 0.6 is 24.6 Å². The Morgan fingerprint density at radius 3 is 2.57 bits per heavy atom. The van der Waals surface area contributed by atoms with E-state index in [0.29, 0.717) is 6.54 Å². The van der Waals surface area contributed by atoms with Gasteiger partial charge in [-0.15, -0.1) is 12.4 Å². The van der Waals surface area contributed by atoms with E-state index < -0.39 is 0 Å². The molecule has 0 amide bonds. The van der Waals surface area contributed by atoms with E-state index in [1.807, 2.05) is 0 Å². The summed E-state index contributed by atoms with van der Waals surface area (Å²) in [4.78, 5) is 0.863. The van der Waals surface area contributed by atoms with Gasteiger partial charge in [-0.1, -0.05) is 19.1 Å². The van der Waals surface area contributed by atoms with E-state index in [1.54, 1.807) is 0 Å². The molecule has 3 rings (SSSR count).